The molecule has 7 nitrogen and oxygen atoms in total. The highest BCUT2D eigenvalue weighted by molar-refractivity contribution is 5.92. The number of carbonyl (C=O) groups is 2. The van der Waals surface area contributed by atoms with Crippen LogP contribution in [0.3, 0.4) is 0 Å². The molecule has 0 aliphatic carbocycles. The van der Waals surface area contributed by atoms with Gasteiger partial charge in [0.05, 0.1) is 19.0 Å². The van der Waals surface area contributed by atoms with Crippen LogP contribution in [-0.2, 0) is 9.53 Å². The van der Waals surface area contributed by atoms with Gasteiger partial charge in [-0.15, -0.1) is 0 Å². The van der Waals surface area contributed by atoms with E-state index < -0.39 is 5.97 Å². The third-order valence-corrected chi connectivity index (χ3v) is 4.56. The second-order valence-electron chi connectivity index (χ2n) is 6.33. The lowest BCUT2D eigenvalue weighted by molar-refractivity contribution is -0.137. The molecule has 1 aromatic carbocycles. The number of rotatable bonds is 5. The number of hydrogen-bond donors (Lipinski definition) is 0. The molecule has 1 amide bonds. The normalized spacial score (nSPS) is 17.0. The minimum absolute atomic E-state index is 0.0517. The van der Waals surface area contributed by atoms with Gasteiger partial charge in [0, 0.05) is 12.6 Å². The zero-order chi connectivity index (χ0) is 18.5. The molecule has 0 saturated carbocycles. The lowest BCUT2D eigenvalue weighted by Gasteiger charge is -2.33. The van der Waals surface area contributed by atoms with Crippen LogP contribution in [0.1, 0.15) is 36.7 Å². The summed E-state index contributed by atoms with van der Waals surface area (Å²) in [6, 6.07) is 9.56. The van der Waals surface area contributed by atoms with Gasteiger partial charge in [0.1, 0.15) is 0 Å². The van der Waals surface area contributed by atoms with Crippen LogP contribution in [0.4, 0.5) is 0 Å². The fourth-order valence-electron chi connectivity index (χ4n) is 3.11. The van der Waals surface area contributed by atoms with E-state index in [1.807, 2.05) is 37.3 Å². The molecular formula is C19H23N3O4. The van der Waals surface area contributed by atoms with Crippen LogP contribution in [-0.4, -0.2) is 52.9 Å². The average molecular weight is 357 g/mol. The number of piperidine rings is 1. The molecule has 26 heavy (non-hydrogen) atoms. The van der Waals surface area contributed by atoms with Crippen LogP contribution < -0.4 is 4.74 Å². The molecule has 0 N–H and O–H groups in total. The van der Waals surface area contributed by atoms with Crippen molar-refractivity contribution in [1.29, 1.82) is 0 Å². The number of benzene rings is 1. The molecule has 1 aliphatic rings. The van der Waals surface area contributed by atoms with E-state index in [-0.39, 0.29) is 24.2 Å². The Morgan fingerprint density at radius 3 is 2.69 bits per heavy atom. The number of para-hydroxylation sites is 1. The third kappa shape index (κ3) is 3.87. The van der Waals surface area contributed by atoms with E-state index in [0.29, 0.717) is 12.3 Å². The molecule has 0 spiro atoms. The predicted molar refractivity (Wildman–Crippen MR) is 95.4 cm³/mol. The minimum atomic E-state index is -0.672. The number of ether oxygens (including phenoxy) is 2. The Labute approximate surface area is 152 Å². The van der Waals surface area contributed by atoms with Crippen LogP contribution in [0.25, 0.3) is 5.69 Å². The first-order valence-corrected chi connectivity index (χ1v) is 8.76. The Hall–Kier alpha value is -2.83. The number of likely N-dealkylation sites (tertiary alicyclic amines) is 1. The average Bonchev–Trinajstić information content (AvgIpc) is 3.11. The number of aromatic nitrogens is 2. The summed E-state index contributed by atoms with van der Waals surface area (Å²) >= 11 is 0. The number of esters is 1. The van der Waals surface area contributed by atoms with E-state index in [1.165, 1.54) is 7.11 Å². The molecule has 0 radical (unpaired) electrons. The van der Waals surface area contributed by atoms with Gasteiger partial charge in [-0.2, -0.15) is 5.10 Å². The maximum absolute atomic E-state index is 12.4. The zero-order valence-corrected chi connectivity index (χ0v) is 15.1. The molecule has 2 aromatic rings. The number of hydrogen-bond acceptors (Lipinski definition) is 5. The van der Waals surface area contributed by atoms with E-state index >= 15 is 0 Å². The van der Waals surface area contributed by atoms with Crippen molar-refractivity contribution in [1.82, 2.24) is 14.7 Å². The maximum Gasteiger partial charge on any atom is 0.363 e. The van der Waals surface area contributed by atoms with Crippen molar-refractivity contribution in [2.45, 2.75) is 32.2 Å². The lowest BCUT2D eigenvalue weighted by atomic mass is 10.0. The van der Waals surface area contributed by atoms with Gasteiger partial charge in [-0.1, -0.05) is 18.2 Å². The SMILES string of the molecule is COc1cn(-c2ccccc2)nc1C(=O)OCC(=O)N1CCCC[C@@H]1C. The van der Waals surface area contributed by atoms with Crippen molar-refractivity contribution in [3.8, 4) is 11.4 Å². The maximum atomic E-state index is 12.4. The van der Waals surface area contributed by atoms with Crippen LogP contribution >= 0.6 is 0 Å². The van der Waals surface area contributed by atoms with Crippen molar-refractivity contribution in [3.63, 3.8) is 0 Å². The van der Waals surface area contributed by atoms with Gasteiger partial charge in [0.15, 0.2) is 12.4 Å². The minimum Gasteiger partial charge on any atom is -0.493 e. The second-order valence-corrected chi connectivity index (χ2v) is 6.33. The third-order valence-electron chi connectivity index (χ3n) is 4.56. The van der Waals surface area contributed by atoms with Gasteiger partial charge in [-0.05, 0) is 38.3 Å². The monoisotopic (exact) mass is 357 g/mol. The van der Waals surface area contributed by atoms with E-state index in [4.69, 9.17) is 9.47 Å². The Morgan fingerprint density at radius 2 is 2.00 bits per heavy atom. The number of nitrogens with zero attached hydrogens (tertiary/aromatic N) is 3. The van der Waals surface area contributed by atoms with Crippen LogP contribution in [0.5, 0.6) is 5.75 Å². The first-order chi connectivity index (χ1) is 12.6. The molecular weight excluding hydrogens is 334 g/mol. The van der Waals surface area contributed by atoms with Gasteiger partial charge in [-0.3, -0.25) is 4.79 Å². The Bertz CT molecular complexity index is 772. The summed E-state index contributed by atoms with van der Waals surface area (Å²) in [4.78, 5) is 26.5. The second kappa shape index (κ2) is 8.03. The molecule has 1 saturated heterocycles. The zero-order valence-electron chi connectivity index (χ0n) is 15.1. The van der Waals surface area contributed by atoms with E-state index in [1.54, 1.807) is 15.8 Å². The summed E-state index contributed by atoms with van der Waals surface area (Å²) in [5.41, 5.74) is 0.846. The Morgan fingerprint density at radius 1 is 1.23 bits per heavy atom. The first-order valence-electron chi connectivity index (χ1n) is 8.76. The van der Waals surface area contributed by atoms with Gasteiger partial charge >= 0.3 is 5.97 Å². The van der Waals surface area contributed by atoms with Crippen LogP contribution in [0, 0.1) is 0 Å². The van der Waals surface area contributed by atoms with Crippen molar-refractivity contribution in [3.05, 3.63) is 42.2 Å². The number of methoxy groups -OCH3 is 1. The van der Waals surface area contributed by atoms with Gasteiger partial charge < -0.3 is 14.4 Å². The van der Waals surface area contributed by atoms with Gasteiger partial charge in [-0.25, -0.2) is 9.48 Å². The van der Waals surface area contributed by atoms with Crippen molar-refractivity contribution >= 4 is 11.9 Å². The summed E-state index contributed by atoms with van der Waals surface area (Å²) in [5.74, 6) is -0.542. The van der Waals surface area contributed by atoms with Crippen LogP contribution in [0.2, 0.25) is 0 Å². The fraction of sp³-hybridized carbons (Fsp3) is 0.421. The molecule has 0 unspecified atom stereocenters. The topological polar surface area (TPSA) is 73.7 Å². The Balaban J connectivity index is 1.67. The molecule has 138 valence electrons. The fourth-order valence-corrected chi connectivity index (χ4v) is 3.11. The molecule has 1 atom stereocenters. The molecule has 0 bridgehead atoms. The molecule has 1 aliphatic heterocycles. The standard InChI is InChI=1S/C19H23N3O4/c1-14-8-6-7-11-21(14)17(23)13-26-19(24)18-16(25-2)12-22(20-18)15-9-4-3-5-10-15/h3-5,9-10,12,14H,6-8,11,13H2,1-2H3/t14-/m0/s1. The highest BCUT2D eigenvalue weighted by atomic mass is 16.5. The molecule has 1 fully saturated rings. The van der Waals surface area contributed by atoms with Crippen molar-refractivity contribution in [2.75, 3.05) is 20.3 Å². The van der Waals surface area contributed by atoms with Crippen molar-refractivity contribution in [2.24, 2.45) is 0 Å². The summed E-state index contributed by atoms with van der Waals surface area (Å²) in [6.07, 6.45) is 4.70. The summed E-state index contributed by atoms with van der Waals surface area (Å²) in [7, 11) is 1.46. The van der Waals surface area contributed by atoms with E-state index in [2.05, 4.69) is 5.10 Å². The quantitative estimate of drug-likeness (QED) is 0.769. The lowest BCUT2D eigenvalue weighted by Crippen LogP contribution is -2.44. The molecule has 1 aromatic heterocycles. The highest BCUT2D eigenvalue weighted by Gasteiger charge is 2.26. The summed E-state index contributed by atoms with van der Waals surface area (Å²) in [6.45, 7) is 2.44. The van der Waals surface area contributed by atoms with Gasteiger partial charge in [0.25, 0.3) is 5.91 Å². The van der Waals surface area contributed by atoms with E-state index in [0.717, 1.165) is 24.9 Å². The van der Waals surface area contributed by atoms with Crippen molar-refractivity contribution < 1.29 is 19.1 Å². The van der Waals surface area contributed by atoms with Gasteiger partial charge in [0.2, 0.25) is 5.69 Å². The molecule has 7 heteroatoms. The predicted octanol–water partition coefficient (Wildman–Crippen LogP) is 2.44. The largest absolute Gasteiger partial charge is 0.493 e. The first kappa shape index (κ1) is 18.0. The molecule has 3 rings (SSSR count). The molecule has 2 heterocycles. The van der Waals surface area contributed by atoms with E-state index in [9.17, 15) is 9.59 Å². The highest BCUT2D eigenvalue weighted by Crippen LogP contribution is 2.21. The smallest absolute Gasteiger partial charge is 0.363 e. The number of amides is 1. The van der Waals surface area contributed by atoms with Crippen LogP contribution in [0.15, 0.2) is 36.5 Å². The summed E-state index contributed by atoms with van der Waals surface area (Å²) < 4.78 is 12.0. The summed E-state index contributed by atoms with van der Waals surface area (Å²) in [5, 5.41) is 4.25. The number of carbonyl (C=O) groups excluding carboxylic acids is 2. The Kier molecular flexibility index (Phi) is 5.55.